The first-order chi connectivity index (χ1) is 13.4. The van der Waals surface area contributed by atoms with Crippen LogP contribution in [0.25, 0.3) is 17.6 Å². The maximum atomic E-state index is 11.6. The molecule has 2 aromatic carbocycles. The van der Waals surface area contributed by atoms with Gasteiger partial charge in [0, 0.05) is 10.0 Å². The molecule has 0 radical (unpaired) electrons. The fourth-order valence-corrected chi connectivity index (χ4v) is 2.68. The minimum Gasteiger partial charge on any atom is -0.460 e. The van der Waals surface area contributed by atoms with E-state index in [0.29, 0.717) is 27.4 Å². The van der Waals surface area contributed by atoms with E-state index in [1.54, 1.807) is 56.3 Å². The SMILES string of the molecule is CC(C)OC(=O)/C=C\[n+]1cnc(-c2cc(Cl)cc(Oc3ccc(Cl)cc3)c2)[nH]1. The van der Waals surface area contributed by atoms with E-state index in [1.807, 2.05) is 0 Å². The third kappa shape index (κ3) is 5.58. The minimum absolute atomic E-state index is 0.176. The van der Waals surface area contributed by atoms with E-state index in [0.717, 1.165) is 5.56 Å². The van der Waals surface area contributed by atoms with Crippen LogP contribution in [0.1, 0.15) is 13.8 Å². The maximum absolute atomic E-state index is 11.6. The van der Waals surface area contributed by atoms with Crippen LogP contribution in [0.3, 0.4) is 0 Å². The second-order valence-corrected chi connectivity index (χ2v) is 7.02. The summed E-state index contributed by atoms with van der Waals surface area (Å²) < 4.78 is 12.4. The van der Waals surface area contributed by atoms with Crippen molar-refractivity contribution in [3.8, 4) is 22.9 Å². The van der Waals surface area contributed by atoms with Crippen LogP contribution in [0.5, 0.6) is 11.5 Å². The van der Waals surface area contributed by atoms with Gasteiger partial charge in [-0.05, 0) is 61.3 Å². The molecule has 1 aromatic heterocycles. The number of halogens is 2. The number of hydrogen-bond donors (Lipinski definition) is 1. The Labute approximate surface area is 172 Å². The van der Waals surface area contributed by atoms with Gasteiger partial charge in [-0.1, -0.05) is 23.2 Å². The molecule has 0 saturated heterocycles. The van der Waals surface area contributed by atoms with E-state index in [9.17, 15) is 4.79 Å². The van der Waals surface area contributed by atoms with Crippen LogP contribution in [0.2, 0.25) is 10.0 Å². The second kappa shape index (κ2) is 8.91. The van der Waals surface area contributed by atoms with Gasteiger partial charge in [-0.25, -0.2) is 4.79 Å². The smallest absolute Gasteiger partial charge is 0.334 e. The highest BCUT2D eigenvalue weighted by molar-refractivity contribution is 6.31. The Kier molecular flexibility index (Phi) is 6.34. The monoisotopic (exact) mass is 418 g/mol. The largest absolute Gasteiger partial charge is 0.460 e. The average Bonchev–Trinajstić information content (AvgIpc) is 3.10. The molecule has 28 heavy (non-hydrogen) atoms. The quantitative estimate of drug-likeness (QED) is 0.351. The van der Waals surface area contributed by atoms with E-state index in [2.05, 4.69) is 10.1 Å². The van der Waals surface area contributed by atoms with Crippen molar-refractivity contribution in [1.82, 2.24) is 10.1 Å². The predicted octanol–water partition coefficient (Wildman–Crippen LogP) is 4.89. The van der Waals surface area contributed by atoms with Crippen LogP contribution in [-0.4, -0.2) is 22.2 Å². The number of carbonyl (C=O) groups excluding carboxylic acids is 1. The molecule has 3 rings (SSSR count). The third-order valence-corrected chi connectivity index (χ3v) is 3.93. The molecule has 6 nitrogen and oxygen atoms in total. The molecule has 0 unspecified atom stereocenters. The number of esters is 1. The van der Waals surface area contributed by atoms with Gasteiger partial charge in [0.15, 0.2) is 0 Å². The summed E-state index contributed by atoms with van der Waals surface area (Å²) in [7, 11) is 0. The zero-order valence-electron chi connectivity index (χ0n) is 15.2. The number of ether oxygens (including phenoxy) is 2. The van der Waals surface area contributed by atoms with Crippen molar-refractivity contribution in [1.29, 1.82) is 0 Å². The predicted molar refractivity (Wildman–Crippen MR) is 107 cm³/mol. The van der Waals surface area contributed by atoms with E-state index < -0.39 is 5.97 Å². The van der Waals surface area contributed by atoms with Crippen molar-refractivity contribution in [2.75, 3.05) is 0 Å². The van der Waals surface area contributed by atoms with E-state index in [4.69, 9.17) is 32.7 Å². The van der Waals surface area contributed by atoms with Gasteiger partial charge in [-0.3, -0.25) is 0 Å². The Morgan fingerprint density at radius 1 is 1.11 bits per heavy atom. The Bertz CT molecular complexity index is 998. The normalized spacial score (nSPS) is 11.2. The Morgan fingerprint density at radius 2 is 1.86 bits per heavy atom. The molecular weight excluding hydrogens is 401 g/mol. The van der Waals surface area contributed by atoms with Crippen LogP contribution in [0.15, 0.2) is 54.9 Å². The summed E-state index contributed by atoms with van der Waals surface area (Å²) in [6, 6.07) is 12.3. The molecule has 0 bridgehead atoms. The molecule has 0 aliphatic heterocycles. The number of hydrogen-bond acceptors (Lipinski definition) is 4. The van der Waals surface area contributed by atoms with E-state index in [1.165, 1.54) is 23.3 Å². The number of carbonyl (C=O) groups is 1. The van der Waals surface area contributed by atoms with Gasteiger partial charge in [0.1, 0.15) is 17.7 Å². The van der Waals surface area contributed by atoms with Crippen molar-refractivity contribution >= 4 is 35.4 Å². The Balaban J connectivity index is 1.77. The molecule has 0 fully saturated rings. The molecule has 0 atom stereocenters. The zero-order valence-corrected chi connectivity index (χ0v) is 16.7. The number of aromatic amines is 1. The molecule has 1 heterocycles. The number of rotatable bonds is 6. The third-order valence-electron chi connectivity index (χ3n) is 3.46. The summed E-state index contributed by atoms with van der Waals surface area (Å²) in [5.41, 5.74) is 0.730. The number of nitrogens with zero attached hydrogens (tertiary/aromatic N) is 2. The number of benzene rings is 2. The molecule has 1 N–H and O–H groups in total. The minimum atomic E-state index is -0.431. The number of H-pyrrole nitrogens is 1. The lowest BCUT2D eigenvalue weighted by Gasteiger charge is -2.07. The fraction of sp³-hybridized carbons (Fsp3) is 0.150. The van der Waals surface area contributed by atoms with Gasteiger partial charge in [0.2, 0.25) is 0 Å². The van der Waals surface area contributed by atoms with Crippen LogP contribution < -0.4 is 9.42 Å². The standard InChI is InChI=1S/C20H17Cl2N3O3/c1-13(2)27-19(26)7-8-25-12-23-20(24-25)14-9-16(22)11-18(10-14)28-17-5-3-15(21)4-6-17/h3-13H,1-2H3/p+1/b8-7-. The molecule has 0 aliphatic rings. The zero-order chi connectivity index (χ0) is 20.1. The van der Waals surface area contributed by atoms with Crippen molar-refractivity contribution < 1.29 is 19.0 Å². The summed E-state index contributed by atoms with van der Waals surface area (Å²) >= 11 is 12.1. The topological polar surface area (TPSA) is 68.1 Å². The highest BCUT2D eigenvalue weighted by Crippen LogP contribution is 2.30. The van der Waals surface area contributed by atoms with Crippen molar-refractivity contribution in [3.63, 3.8) is 0 Å². The molecule has 8 heteroatoms. The summed E-state index contributed by atoms with van der Waals surface area (Å²) in [6.45, 7) is 3.58. The molecular formula is C20H18Cl2N3O3+. The summed E-state index contributed by atoms with van der Waals surface area (Å²) in [6.07, 6.45) is 4.20. The summed E-state index contributed by atoms with van der Waals surface area (Å²) in [5, 5.41) is 4.17. The van der Waals surface area contributed by atoms with Crippen LogP contribution in [0.4, 0.5) is 0 Å². The van der Waals surface area contributed by atoms with Gasteiger partial charge in [-0.15, -0.1) is 4.68 Å². The molecule has 3 aromatic rings. The molecule has 144 valence electrons. The summed E-state index contributed by atoms with van der Waals surface area (Å²) in [4.78, 5) is 15.9. The first kappa shape index (κ1) is 19.9. The van der Waals surface area contributed by atoms with E-state index >= 15 is 0 Å². The van der Waals surface area contributed by atoms with Gasteiger partial charge < -0.3 is 9.47 Å². The van der Waals surface area contributed by atoms with Gasteiger partial charge in [0.05, 0.1) is 17.7 Å². The van der Waals surface area contributed by atoms with Crippen molar-refractivity contribution in [2.24, 2.45) is 0 Å². The first-order valence-electron chi connectivity index (χ1n) is 8.48. The highest BCUT2D eigenvalue weighted by Gasteiger charge is 2.13. The van der Waals surface area contributed by atoms with Crippen LogP contribution >= 0.6 is 23.2 Å². The summed E-state index contributed by atoms with van der Waals surface area (Å²) in [5.74, 6) is 1.33. The number of nitrogens with one attached hydrogen (secondary N) is 1. The fourth-order valence-electron chi connectivity index (χ4n) is 2.32. The van der Waals surface area contributed by atoms with Crippen molar-refractivity contribution in [3.05, 3.63) is 64.9 Å². The Hall–Kier alpha value is -2.83. The van der Waals surface area contributed by atoms with Crippen LogP contribution in [-0.2, 0) is 9.53 Å². The molecule has 0 amide bonds. The lowest BCUT2D eigenvalue weighted by molar-refractivity contribution is -0.630. The van der Waals surface area contributed by atoms with Crippen molar-refractivity contribution in [2.45, 2.75) is 20.0 Å². The lowest BCUT2D eigenvalue weighted by Crippen LogP contribution is -2.27. The lowest BCUT2D eigenvalue weighted by atomic mass is 10.2. The first-order valence-corrected chi connectivity index (χ1v) is 9.24. The van der Waals surface area contributed by atoms with Crippen LogP contribution in [0, 0.1) is 0 Å². The average molecular weight is 419 g/mol. The van der Waals surface area contributed by atoms with Gasteiger partial charge >= 0.3 is 12.3 Å². The highest BCUT2D eigenvalue weighted by atomic mass is 35.5. The second-order valence-electron chi connectivity index (χ2n) is 6.15. The maximum Gasteiger partial charge on any atom is 0.334 e. The molecule has 0 spiro atoms. The Morgan fingerprint density at radius 3 is 2.57 bits per heavy atom. The van der Waals surface area contributed by atoms with E-state index in [-0.39, 0.29) is 6.10 Å². The molecule has 0 aliphatic carbocycles. The number of aromatic nitrogens is 3. The van der Waals surface area contributed by atoms with Gasteiger partial charge in [-0.2, -0.15) is 5.10 Å². The van der Waals surface area contributed by atoms with Gasteiger partial charge in [0.25, 0.3) is 5.82 Å². The molecule has 0 saturated carbocycles.